The third-order valence-corrected chi connectivity index (χ3v) is 9.52. The molecule has 1 spiro atoms. The lowest BCUT2D eigenvalue weighted by Gasteiger charge is -2.46. The number of hydrogen-bond acceptors (Lipinski definition) is 5. The molecule has 1 N–H and O–H groups in total. The Labute approximate surface area is 264 Å². The molecule has 3 heterocycles. The molecular formula is C36H53N3O5. The Morgan fingerprint density at radius 3 is 2.27 bits per heavy atom. The fraction of sp³-hybridized carbons (Fsp3) is 0.639. The molecule has 2 bridgehead atoms. The number of likely N-dealkylation sites (tertiary alicyclic amines) is 1. The molecule has 3 saturated heterocycles. The van der Waals surface area contributed by atoms with Gasteiger partial charge in [0.25, 0.3) is 0 Å². The molecule has 3 aliphatic heterocycles. The quantitative estimate of drug-likeness (QED) is 0.311. The normalized spacial score (nSPS) is 26.9. The van der Waals surface area contributed by atoms with E-state index in [0.29, 0.717) is 25.8 Å². The first-order valence-corrected chi connectivity index (χ1v) is 16.1. The number of aliphatic hydroxyl groups is 1. The molecule has 3 amide bonds. The van der Waals surface area contributed by atoms with Gasteiger partial charge in [0.15, 0.2) is 0 Å². The van der Waals surface area contributed by atoms with Crippen molar-refractivity contribution in [2.75, 3.05) is 24.6 Å². The number of amides is 3. The molecule has 1 aromatic carbocycles. The molecule has 0 saturated carbocycles. The highest BCUT2D eigenvalue weighted by Gasteiger charge is 2.75. The maximum absolute atomic E-state index is 15.0. The molecule has 0 aromatic heterocycles. The monoisotopic (exact) mass is 607 g/mol. The van der Waals surface area contributed by atoms with E-state index >= 15 is 4.79 Å². The minimum atomic E-state index is -1.16. The number of para-hydroxylation sites is 1. The number of aliphatic hydroxyl groups excluding tert-OH is 1. The van der Waals surface area contributed by atoms with Gasteiger partial charge in [0.05, 0.1) is 30.6 Å². The Balaban J connectivity index is 1.83. The van der Waals surface area contributed by atoms with E-state index in [2.05, 4.69) is 47.8 Å². The second kappa shape index (κ2) is 12.8. The van der Waals surface area contributed by atoms with Crippen molar-refractivity contribution in [2.24, 2.45) is 23.2 Å². The van der Waals surface area contributed by atoms with Crippen LogP contribution >= 0.6 is 0 Å². The van der Waals surface area contributed by atoms with Gasteiger partial charge in [0, 0.05) is 24.3 Å². The Morgan fingerprint density at radius 1 is 1.09 bits per heavy atom. The first-order chi connectivity index (χ1) is 20.6. The van der Waals surface area contributed by atoms with Crippen molar-refractivity contribution in [1.29, 1.82) is 0 Å². The summed E-state index contributed by atoms with van der Waals surface area (Å²) in [5.41, 5.74) is -1.05. The predicted molar refractivity (Wildman–Crippen MR) is 174 cm³/mol. The van der Waals surface area contributed by atoms with Crippen molar-refractivity contribution in [1.82, 2.24) is 9.80 Å². The number of carbonyl (C=O) groups is 3. The minimum absolute atomic E-state index is 0.0631. The summed E-state index contributed by atoms with van der Waals surface area (Å²) in [4.78, 5) is 49.3. The van der Waals surface area contributed by atoms with Gasteiger partial charge in [-0.1, -0.05) is 65.0 Å². The number of anilines is 1. The van der Waals surface area contributed by atoms with E-state index in [4.69, 9.17) is 4.74 Å². The van der Waals surface area contributed by atoms with Crippen LogP contribution in [-0.4, -0.2) is 81.7 Å². The smallest absolute Gasteiger partial charge is 0.249 e. The SMILES string of the molecule is C=CCN(C(=O)[C@@H]1[C@@H]2CCC3(O2)C(C(=O)N(CC=C)C(C)(C)CC(C)(C)C)N([C@@H](CO)CC(C)C)C(=O)[C@H]13)c1ccccc1. The fourth-order valence-corrected chi connectivity index (χ4v) is 8.41. The molecule has 2 unspecified atom stereocenters. The molecule has 8 heteroatoms. The van der Waals surface area contributed by atoms with Crippen LogP contribution in [0.2, 0.25) is 0 Å². The van der Waals surface area contributed by atoms with Crippen LogP contribution in [0, 0.1) is 23.2 Å². The van der Waals surface area contributed by atoms with Gasteiger partial charge in [0.1, 0.15) is 11.6 Å². The largest absolute Gasteiger partial charge is 0.394 e. The lowest BCUT2D eigenvalue weighted by atomic mass is 9.70. The molecule has 44 heavy (non-hydrogen) atoms. The van der Waals surface area contributed by atoms with Crippen LogP contribution in [-0.2, 0) is 19.1 Å². The molecule has 242 valence electrons. The number of rotatable bonds is 13. The molecule has 1 aromatic rings. The topological polar surface area (TPSA) is 90.4 Å². The van der Waals surface area contributed by atoms with Crippen LogP contribution in [0.5, 0.6) is 0 Å². The Kier molecular flexibility index (Phi) is 9.86. The highest BCUT2D eigenvalue weighted by molar-refractivity contribution is 6.03. The number of benzene rings is 1. The van der Waals surface area contributed by atoms with Crippen molar-refractivity contribution >= 4 is 23.4 Å². The van der Waals surface area contributed by atoms with Gasteiger partial charge in [-0.15, -0.1) is 13.2 Å². The zero-order valence-electron chi connectivity index (χ0n) is 27.8. The lowest BCUT2D eigenvalue weighted by molar-refractivity contribution is -0.155. The molecule has 0 radical (unpaired) electrons. The average Bonchev–Trinajstić information content (AvgIpc) is 3.59. The third-order valence-electron chi connectivity index (χ3n) is 9.52. The van der Waals surface area contributed by atoms with Crippen LogP contribution in [0.4, 0.5) is 5.69 Å². The molecule has 8 nitrogen and oxygen atoms in total. The predicted octanol–water partition coefficient (Wildman–Crippen LogP) is 5.22. The first kappa shape index (κ1) is 33.9. The summed E-state index contributed by atoms with van der Waals surface area (Å²) in [5, 5.41) is 10.7. The highest BCUT2D eigenvalue weighted by atomic mass is 16.5. The second-order valence-corrected chi connectivity index (χ2v) is 15.1. The maximum atomic E-state index is 15.0. The number of carbonyl (C=O) groups excluding carboxylic acids is 3. The molecule has 3 aliphatic rings. The van der Waals surface area contributed by atoms with Crippen LogP contribution < -0.4 is 4.90 Å². The van der Waals surface area contributed by atoms with E-state index < -0.39 is 41.2 Å². The minimum Gasteiger partial charge on any atom is -0.394 e. The summed E-state index contributed by atoms with van der Waals surface area (Å²) in [5.74, 6) is -2.08. The van der Waals surface area contributed by atoms with Gasteiger partial charge in [-0.05, 0) is 63.0 Å². The summed E-state index contributed by atoms with van der Waals surface area (Å²) in [6, 6.07) is 7.85. The van der Waals surface area contributed by atoms with Gasteiger partial charge in [-0.2, -0.15) is 0 Å². The maximum Gasteiger partial charge on any atom is 0.249 e. The molecule has 4 rings (SSSR count). The fourth-order valence-electron chi connectivity index (χ4n) is 8.41. The van der Waals surface area contributed by atoms with Crippen LogP contribution in [0.25, 0.3) is 0 Å². The average molecular weight is 608 g/mol. The van der Waals surface area contributed by atoms with Crippen molar-refractivity contribution < 1.29 is 24.2 Å². The molecule has 3 fully saturated rings. The van der Waals surface area contributed by atoms with Gasteiger partial charge in [-0.25, -0.2) is 0 Å². The Hall–Kier alpha value is -2.97. The zero-order chi connectivity index (χ0) is 32.6. The number of hydrogen-bond donors (Lipinski definition) is 1. The van der Waals surface area contributed by atoms with Gasteiger partial charge in [-0.3, -0.25) is 14.4 Å². The molecule has 6 atom stereocenters. The van der Waals surface area contributed by atoms with E-state index in [1.807, 2.05) is 49.1 Å². The number of ether oxygens (including phenoxy) is 1. The summed E-state index contributed by atoms with van der Waals surface area (Å²) < 4.78 is 6.77. The third kappa shape index (κ3) is 6.12. The Bertz CT molecular complexity index is 1240. The van der Waals surface area contributed by atoms with Crippen molar-refractivity contribution in [2.45, 2.75) is 103 Å². The molecule has 0 aliphatic carbocycles. The summed E-state index contributed by atoms with van der Waals surface area (Å²) >= 11 is 0. The lowest BCUT2D eigenvalue weighted by Crippen LogP contribution is -2.62. The van der Waals surface area contributed by atoms with Crippen molar-refractivity contribution in [3.05, 3.63) is 55.6 Å². The second-order valence-electron chi connectivity index (χ2n) is 15.1. The van der Waals surface area contributed by atoms with Crippen LogP contribution in [0.15, 0.2) is 55.6 Å². The van der Waals surface area contributed by atoms with Crippen LogP contribution in [0.3, 0.4) is 0 Å². The van der Waals surface area contributed by atoms with E-state index in [-0.39, 0.29) is 42.2 Å². The number of fused-ring (bicyclic) bond motifs is 1. The summed E-state index contributed by atoms with van der Waals surface area (Å²) in [7, 11) is 0. The highest BCUT2D eigenvalue weighted by Crippen LogP contribution is 2.60. The summed E-state index contributed by atoms with van der Waals surface area (Å²) in [6.45, 7) is 22.8. The Morgan fingerprint density at radius 2 is 1.73 bits per heavy atom. The summed E-state index contributed by atoms with van der Waals surface area (Å²) in [6.07, 6.45) is 5.26. The van der Waals surface area contributed by atoms with Gasteiger partial charge < -0.3 is 24.5 Å². The van der Waals surface area contributed by atoms with Crippen molar-refractivity contribution in [3.63, 3.8) is 0 Å². The molecular weight excluding hydrogens is 554 g/mol. The van der Waals surface area contributed by atoms with E-state index in [0.717, 1.165) is 12.1 Å². The zero-order valence-corrected chi connectivity index (χ0v) is 27.8. The number of nitrogens with zero attached hydrogens (tertiary/aromatic N) is 3. The standard InChI is InChI=1S/C36H53N3O5/c1-10-19-37(25-15-13-12-14-16-25)31(41)28-27-17-18-36(44-27)29(28)32(42)39(26(22-40)21-24(3)4)30(36)33(43)38(20-11-2)35(8,9)23-34(5,6)7/h10-16,24,26-30,40H,1-2,17-23H2,3-9H3/t26-,27+,28-,29+,30?,36?/m1/s1. The van der Waals surface area contributed by atoms with E-state index in [1.165, 1.54) is 0 Å². The van der Waals surface area contributed by atoms with E-state index in [1.54, 1.807) is 22.0 Å². The van der Waals surface area contributed by atoms with Gasteiger partial charge >= 0.3 is 0 Å². The first-order valence-electron chi connectivity index (χ1n) is 16.1. The van der Waals surface area contributed by atoms with Crippen LogP contribution in [0.1, 0.15) is 74.1 Å². The van der Waals surface area contributed by atoms with E-state index in [9.17, 15) is 14.7 Å². The van der Waals surface area contributed by atoms with Crippen molar-refractivity contribution in [3.8, 4) is 0 Å². The van der Waals surface area contributed by atoms with Gasteiger partial charge in [0.2, 0.25) is 17.7 Å².